The maximum absolute atomic E-state index is 11.8. The zero-order valence-corrected chi connectivity index (χ0v) is 9.95. The van der Waals surface area contributed by atoms with Crippen molar-refractivity contribution in [3.05, 3.63) is 0 Å². The molecule has 0 aromatic rings. The largest absolute Gasteiger partial charge is 0.379 e. The summed E-state index contributed by atoms with van der Waals surface area (Å²) in [6, 6.07) is -0.123. The lowest BCUT2D eigenvalue weighted by Crippen LogP contribution is -2.42. The fourth-order valence-electron chi connectivity index (χ4n) is 2.73. The normalized spacial score (nSPS) is 38.9. The number of carbonyl (C=O) groups excluding carboxylic acids is 1. The van der Waals surface area contributed by atoms with Gasteiger partial charge in [0.2, 0.25) is 5.91 Å². The Morgan fingerprint density at radius 1 is 1.44 bits per heavy atom. The Kier molecular flexibility index (Phi) is 3.82. The van der Waals surface area contributed by atoms with Gasteiger partial charge in [0, 0.05) is 12.6 Å². The molecule has 16 heavy (non-hydrogen) atoms. The molecule has 0 spiro atoms. The third-order valence-electron chi connectivity index (χ3n) is 3.83. The van der Waals surface area contributed by atoms with Gasteiger partial charge in [-0.3, -0.25) is 4.79 Å². The topological polar surface area (TPSA) is 64.3 Å². The van der Waals surface area contributed by atoms with Gasteiger partial charge < -0.3 is 15.8 Å². The third kappa shape index (κ3) is 2.74. The number of amides is 1. The summed E-state index contributed by atoms with van der Waals surface area (Å²) in [5.41, 5.74) is 5.80. The van der Waals surface area contributed by atoms with Crippen LogP contribution in [-0.2, 0) is 9.53 Å². The van der Waals surface area contributed by atoms with Crippen LogP contribution in [0.4, 0.5) is 0 Å². The molecule has 92 valence electrons. The van der Waals surface area contributed by atoms with Crippen LogP contribution in [-0.4, -0.2) is 31.7 Å². The van der Waals surface area contributed by atoms with Crippen LogP contribution in [0.2, 0.25) is 0 Å². The minimum absolute atomic E-state index is 0.0737. The lowest BCUT2D eigenvalue weighted by Gasteiger charge is -2.16. The molecule has 0 aromatic heterocycles. The highest BCUT2D eigenvalue weighted by Gasteiger charge is 2.31. The van der Waals surface area contributed by atoms with Gasteiger partial charge in [-0.1, -0.05) is 13.3 Å². The van der Waals surface area contributed by atoms with Gasteiger partial charge >= 0.3 is 0 Å². The van der Waals surface area contributed by atoms with E-state index in [9.17, 15) is 4.79 Å². The lowest BCUT2D eigenvalue weighted by atomic mass is 10.0. The fourth-order valence-corrected chi connectivity index (χ4v) is 2.73. The molecule has 4 heteroatoms. The molecule has 1 saturated carbocycles. The smallest absolute Gasteiger partial charge is 0.227 e. The molecule has 4 atom stereocenters. The monoisotopic (exact) mass is 226 g/mol. The van der Waals surface area contributed by atoms with Crippen LogP contribution in [0.5, 0.6) is 0 Å². The first-order valence-corrected chi connectivity index (χ1v) is 6.28. The summed E-state index contributed by atoms with van der Waals surface area (Å²) in [6.07, 6.45) is 3.79. The van der Waals surface area contributed by atoms with E-state index < -0.39 is 0 Å². The highest BCUT2D eigenvalue weighted by atomic mass is 16.5. The van der Waals surface area contributed by atoms with Crippen LogP contribution in [0.1, 0.15) is 26.2 Å². The summed E-state index contributed by atoms with van der Waals surface area (Å²) in [5, 5.41) is 3.02. The van der Waals surface area contributed by atoms with Crippen molar-refractivity contribution in [1.29, 1.82) is 0 Å². The molecule has 4 unspecified atom stereocenters. The number of carbonyl (C=O) groups is 1. The summed E-state index contributed by atoms with van der Waals surface area (Å²) >= 11 is 0. The van der Waals surface area contributed by atoms with Crippen LogP contribution in [0, 0.1) is 17.8 Å². The zero-order valence-electron chi connectivity index (χ0n) is 9.95. The van der Waals surface area contributed by atoms with Gasteiger partial charge in [0.25, 0.3) is 0 Å². The van der Waals surface area contributed by atoms with Crippen molar-refractivity contribution < 1.29 is 9.53 Å². The van der Waals surface area contributed by atoms with Gasteiger partial charge in [-0.15, -0.1) is 0 Å². The molecule has 1 aliphatic carbocycles. The third-order valence-corrected chi connectivity index (χ3v) is 3.83. The van der Waals surface area contributed by atoms with Crippen molar-refractivity contribution in [3.63, 3.8) is 0 Å². The molecule has 1 heterocycles. The zero-order chi connectivity index (χ0) is 11.5. The van der Waals surface area contributed by atoms with Crippen LogP contribution < -0.4 is 11.1 Å². The second-order valence-electron chi connectivity index (χ2n) is 5.34. The highest BCUT2D eigenvalue weighted by molar-refractivity contribution is 5.79. The number of hydrogen-bond donors (Lipinski definition) is 2. The Labute approximate surface area is 96.9 Å². The molecule has 0 aromatic carbocycles. The van der Waals surface area contributed by atoms with E-state index in [4.69, 9.17) is 10.5 Å². The van der Waals surface area contributed by atoms with Crippen molar-refractivity contribution in [2.24, 2.45) is 23.5 Å². The van der Waals surface area contributed by atoms with Gasteiger partial charge in [-0.25, -0.2) is 0 Å². The van der Waals surface area contributed by atoms with Gasteiger partial charge in [0.15, 0.2) is 0 Å². The number of nitrogens with one attached hydrogen (secondary N) is 1. The number of hydrogen-bond acceptors (Lipinski definition) is 3. The van der Waals surface area contributed by atoms with E-state index in [1.807, 2.05) is 0 Å². The predicted molar refractivity (Wildman–Crippen MR) is 61.8 cm³/mol. The maximum Gasteiger partial charge on any atom is 0.227 e. The molecule has 3 N–H and O–H groups in total. The Bertz CT molecular complexity index is 257. The molecule has 0 radical (unpaired) electrons. The number of ether oxygens (including phenoxy) is 1. The molecule has 0 bridgehead atoms. The van der Waals surface area contributed by atoms with E-state index >= 15 is 0 Å². The summed E-state index contributed by atoms with van der Waals surface area (Å²) < 4.78 is 5.19. The summed E-state index contributed by atoms with van der Waals surface area (Å²) in [6.45, 7) is 4.08. The minimum Gasteiger partial charge on any atom is -0.379 e. The molecule has 2 rings (SSSR count). The molecule has 1 aliphatic heterocycles. The summed E-state index contributed by atoms with van der Waals surface area (Å²) in [7, 11) is 0. The SMILES string of the molecule is CC1CCC(CNC(=O)C2COCC2N)C1. The van der Waals surface area contributed by atoms with Crippen molar-refractivity contribution >= 4 is 5.91 Å². The van der Waals surface area contributed by atoms with Crippen LogP contribution in [0.3, 0.4) is 0 Å². The molecular weight excluding hydrogens is 204 g/mol. The van der Waals surface area contributed by atoms with Gasteiger partial charge in [-0.2, -0.15) is 0 Å². The van der Waals surface area contributed by atoms with E-state index in [-0.39, 0.29) is 17.9 Å². The molecule has 2 fully saturated rings. The van der Waals surface area contributed by atoms with Crippen molar-refractivity contribution in [1.82, 2.24) is 5.32 Å². The number of rotatable bonds is 3. The Morgan fingerprint density at radius 2 is 2.25 bits per heavy atom. The minimum atomic E-state index is -0.140. The van der Waals surface area contributed by atoms with Crippen LogP contribution in [0.15, 0.2) is 0 Å². The number of nitrogens with two attached hydrogens (primary N) is 1. The van der Waals surface area contributed by atoms with Crippen molar-refractivity contribution in [3.8, 4) is 0 Å². The van der Waals surface area contributed by atoms with E-state index in [2.05, 4.69) is 12.2 Å². The molecule has 2 aliphatic rings. The average Bonchev–Trinajstić information content (AvgIpc) is 2.84. The van der Waals surface area contributed by atoms with E-state index in [1.165, 1.54) is 19.3 Å². The molecule has 1 amide bonds. The molecule has 4 nitrogen and oxygen atoms in total. The second kappa shape index (κ2) is 5.15. The summed E-state index contributed by atoms with van der Waals surface area (Å²) in [5.74, 6) is 1.42. The van der Waals surface area contributed by atoms with Gasteiger partial charge in [0.05, 0.1) is 19.1 Å². The molecular formula is C12H22N2O2. The second-order valence-corrected chi connectivity index (χ2v) is 5.34. The molecule has 1 saturated heterocycles. The first kappa shape index (κ1) is 11.9. The van der Waals surface area contributed by atoms with Gasteiger partial charge in [-0.05, 0) is 24.7 Å². The van der Waals surface area contributed by atoms with E-state index in [1.54, 1.807) is 0 Å². The predicted octanol–water partition coefficient (Wildman–Crippen LogP) is 0.513. The average molecular weight is 226 g/mol. The van der Waals surface area contributed by atoms with Crippen molar-refractivity contribution in [2.75, 3.05) is 19.8 Å². The Hall–Kier alpha value is -0.610. The van der Waals surface area contributed by atoms with E-state index in [0.717, 1.165) is 12.5 Å². The maximum atomic E-state index is 11.8. The highest BCUT2D eigenvalue weighted by Crippen LogP contribution is 2.29. The summed E-state index contributed by atoms with van der Waals surface area (Å²) in [4.78, 5) is 11.8. The van der Waals surface area contributed by atoms with E-state index in [0.29, 0.717) is 19.1 Å². The first-order chi connectivity index (χ1) is 7.66. The van der Waals surface area contributed by atoms with Crippen LogP contribution in [0.25, 0.3) is 0 Å². The first-order valence-electron chi connectivity index (χ1n) is 6.28. The van der Waals surface area contributed by atoms with Crippen LogP contribution >= 0.6 is 0 Å². The lowest BCUT2D eigenvalue weighted by molar-refractivity contribution is -0.125. The Balaban J connectivity index is 1.71. The van der Waals surface area contributed by atoms with Gasteiger partial charge in [0.1, 0.15) is 0 Å². The van der Waals surface area contributed by atoms with Crippen molar-refractivity contribution in [2.45, 2.75) is 32.2 Å². The Morgan fingerprint density at radius 3 is 2.81 bits per heavy atom. The standard InChI is InChI=1S/C12H22N2O2/c1-8-2-3-9(4-8)5-14-12(15)10-6-16-7-11(10)13/h8-11H,2-7,13H2,1H3,(H,14,15). The fraction of sp³-hybridized carbons (Fsp3) is 0.917. The quantitative estimate of drug-likeness (QED) is 0.737.